The first-order valence-corrected chi connectivity index (χ1v) is 49.6. The van der Waals surface area contributed by atoms with Crippen molar-refractivity contribution in [3.05, 3.63) is 259 Å². The summed E-state index contributed by atoms with van der Waals surface area (Å²) in [6.07, 6.45) is 2.87. The third kappa shape index (κ3) is 26.2. The number of urea groups is 4. The molecule has 0 aliphatic heterocycles. The van der Waals surface area contributed by atoms with E-state index in [0.717, 1.165) is 56.0 Å². The molecule has 0 saturated carbocycles. The summed E-state index contributed by atoms with van der Waals surface area (Å²) in [6.45, 7) is 31.8. The molecule has 0 bridgehead atoms. The lowest BCUT2D eigenvalue weighted by atomic mass is 9.92. The molecule has 13 N–H and O–H groups in total. The number of imidazole rings is 1. The Balaban J connectivity index is 0.000000163. The third-order valence-corrected chi connectivity index (χ3v) is 26.3. The molecule has 8 aromatic heterocycles. The number of fused-ring (bicyclic) bond motifs is 2. The Labute approximate surface area is 793 Å². The summed E-state index contributed by atoms with van der Waals surface area (Å²) in [4.78, 5) is 76.2. The topological polar surface area (TPSA) is 517 Å². The number of pyridine rings is 1. The largest absolute Gasteiger partial charge is 0.327 e. The fourth-order valence-electron chi connectivity index (χ4n) is 12.7. The highest BCUT2D eigenvalue weighted by atomic mass is 32.2. The molecule has 0 saturated heterocycles. The van der Waals surface area contributed by atoms with E-state index < -0.39 is 64.2 Å². The first-order chi connectivity index (χ1) is 64.3. The van der Waals surface area contributed by atoms with Crippen LogP contribution in [0.4, 0.5) is 65.2 Å². The number of carbonyl (C=O) groups excluding carboxylic acids is 4. The summed E-state index contributed by atoms with van der Waals surface area (Å²) >= 11 is 1.34. The number of rotatable bonds is 25. The Morgan fingerprint density at radius 3 is 1.08 bits per heavy atom. The number of anilines is 8. The number of nitrogens with one attached hydrogen (secondary N) is 13. The van der Waals surface area contributed by atoms with Crippen LogP contribution in [0, 0.1) is 19.1 Å². The minimum Gasteiger partial charge on any atom is -0.324 e. The summed E-state index contributed by atoms with van der Waals surface area (Å²) in [7, 11) is -13.3. The van der Waals surface area contributed by atoms with Crippen LogP contribution < -0.4 is 42.5 Å². The number of benzene rings is 7. The molecule has 8 amide bonds. The number of H-pyrrole nitrogens is 1. The quantitative estimate of drug-likeness (QED) is 0.0253. The third-order valence-electron chi connectivity index (χ3n) is 19.7. The minimum absolute atomic E-state index is 0.173. The molecule has 0 aliphatic carbocycles. The zero-order valence-corrected chi connectivity index (χ0v) is 81.7. The normalized spacial score (nSPS) is 13.4. The summed E-state index contributed by atoms with van der Waals surface area (Å²) in [6, 6.07) is 61.5. The number of aromatic nitrogens is 14. The van der Waals surface area contributed by atoms with E-state index in [1.165, 1.54) is 23.9 Å². The van der Waals surface area contributed by atoms with Crippen LogP contribution >= 0.6 is 11.3 Å². The van der Waals surface area contributed by atoms with Gasteiger partial charge in [0.25, 0.3) is 0 Å². The van der Waals surface area contributed by atoms with Crippen molar-refractivity contribution in [1.29, 1.82) is 19.1 Å². The van der Waals surface area contributed by atoms with Gasteiger partial charge in [-0.1, -0.05) is 144 Å². The molecule has 38 nitrogen and oxygen atoms in total. The number of amides is 8. The van der Waals surface area contributed by atoms with Crippen molar-refractivity contribution in [2.45, 2.75) is 152 Å². The van der Waals surface area contributed by atoms with Gasteiger partial charge in [0.05, 0.1) is 114 Å². The Hall–Kier alpha value is -14.3. The molecule has 7 aromatic carbocycles. The summed E-state index contributed by atoms with van der Waals surface area (Å²) in [5.74, 6) is 2.92. The molecule has 43 heteroatoms. The summed E-state index contributed by atoms with van der Waals surface area (Å²) in [5.41, 5.74) is 8.69. The van der Waals surface area contributed by atoms with E-state index in [-0.39, 0.29) is 67.7 Å². The van der Waals surface area contributed by atoms with Crippen molar-refractivity contribution in [3.63, 3.8) is 0 Å². The van der Waals surface area contributed by atoms with E-state index in [2.05, 4.69) is 82.6 Å². The van der Waals surface area contributed by atoms with Crippen molar-refractivity contribution in [1.82, 2.24) is 69.0 Å². The fourth-order valence-corrected chi connectivity index (χ4v) is 17.3. The number of nitrogens with zero attached hydrogens (tertiary/aromatic N) is 13. The Morgan fingerprint density at radius 2 is 0.721 bits per heavy atom. The van der Waals surface area contributed by atoms with E-state index in [1.807, 2.05) is 186 Å². The number of hydrogen-bond donors (Lipinski definition) is 13. The Kier molecular flexibility index (Phi) is 31.5. The highest BCUT2D eigenvalue weighted by Crippen LogP contribution is 2.35. The second-order valence-corrected chi connectivity index (χ2v) is 41.9. The van der Waals surface area contributed by atoms with Gasteiger partial charge in [-0.15, -0.1) is 11.3 Å². The van der Waals surface area contributed by atoms with Crippen LogP contribution in [0.15, 0.2) is 256 Å². The number of para-hydroxylation sites is 3. The van der Waals surface area contributed by atoms with Gasteiger partial charge in [0.15, 0.2) is 45.2 Å². The maximum atomic E-state index is 12.9. The molecule has 15 aromatic rings. The van der Waals surface area contributed by atoms with Crippen LogP contribution in [-0.4, -0.2) is 136 Å². The van der Waals surface area contributed by atoms with Crippen LogP contribution in [0.25, 0.3) is 55.9 Å². The number of hydrogen-bond acceptors (Lipinski definition) is 26. The van der Waals surface area contributed by atoms with Gasteiger partial charge in [-0.3, -0.25) is 59.3 Å². The first kappa shape index (κ1) is 101. The summed E-state index contributed by atoms with van der Waals surface area (Å²) < 4.78 is 108. The number of aromatic amines is 1. The zero-order valence-electron chi connectivity index (χ0n) is 77.6. The predicted octanol–water partition coefficient (Wildman–Crippen LogP) is 21.0. The van der Waals surface area contributed by atoms with Crippen LogP contribution in [-0.2, 0) is 78.4 Å². The van der Waals surface area contributed by atoms with Crippen LogP contribution in [0.5, 0.6) is 0 Å². The van der Waals surface area contributed by atoms with Gasteiger partial charge < -0.3 is 4.98 Å². The molecule has 8 heterocycles. The van der Waals surface area contributed by atoms with E-state index >= 15 is 0 Å². The Bertz CT molecular complexity index is 7200. The smallest absolute Gasteiger partial charge is 0.324 e. The highest BCUT2D eigenvalue weighted by molar-refractivity contribution is 7.88. The van der Waals surface area contributed by atoms with Crippen molar-refractivity contribution in [2.75, 3.05) is 69.0 Å². The molecule has 0 radical (unpaired) electrons. The van der Waals surface area contributed by atoms with Gasteiger partial charge in [-0.2, -0.15) is 20.4 Å². The minimum atomic E-state index is -3.32. The standard InChI is InChI=1S/C25H28N6O3S2.C25H28N6O3S.C23H27N7O3S.C20H25N7O3S/c1-5-34-36(26,33)19-13-11-18(12-14-19)31-22(15-21(30-31)25(2,3)4)28-23(32)29-24-27-20(16-35-24)17-9-7-6-8-10-17;1-5-34-35(26,33)19-13-11-18(12-14-19)31-23(16-21(30-31)25(2,3)4)29-24(32)28-22-15-10-17-8-6-7-9-20(17)27-22;1-5-33-34(24,32)16-12-10-15(11-13-16)30-20(14-19(29-30)23(2,3)4)27-22(31)28-21-25-17-8-6-7-9-18(17)26-21;1-5-30-31(21,29)15-8-6-14(7-9-15)27-18(12-16(26-27)20(2,3)4)25-19(28)24-17-10-11-22-13-23-17/h6-16,26H,5H2,1-4H3,(H2,27,28,29,32);6-16,26H,5H2,1-4H3,(H2,27,28,29,32);6-14,24H,5H2,1-4H3,(H3,25,26,27,28,31);6-13,21H,5H2,1-4H3,(H2,22,23,24,25,28). The molecular weight excluding hydrogens is 1830 g/mol. The van der Waals surface area contributed by atoms with Crippen molar-refractivity contribution >= 4 is 143 Å². The van der Waals surface area contributed by atoms with Gasteiger partial charge in [0.2, 0.25) is 5.95 Å². The fraction of sp³-hybridized carbons (Fsp3) is 0.258. The molecule has 0 fully saturated rings. The number of thiazole rings is 1. The lowest BCUT2D eigenvalue weighted by Crippen LogP contribution is -2.22. The average molecular weight is 1940 g/mol. The second kappa shape index (κ2) is 42.5. The monoisotopic (exact) mass is 1940 g/mol. The van der Waals surface area contributed by atoms with Crippen LogP contribution in [0.2, 0.25) is 0 Å². The van der Waals surface area contributed by atoms with E-state index in [0.29, 0.717) is 68.7 Å². The predicted molar refractivity (Wildman–Crippen MR) is 530 cm³/mol. The molecule has 136 heavy (non-hydrogen) atoms. The highest BCUT2D eigenvalue weighted by Gasteiger charge is 2.29. The van der Waals surface area contributed by atoms with Gasteiger partial charge in [0.1, 0.15) is 41.2 Å². The van der Waals surface area contributed by atoms with Gasteiger partial charge in [0, 0.05) is 68.5 Å². The summed E-state index contributed by atoms with van der Waals surface area (Å²) in [5, 5.41) is 44.3. The van der Waals surface area contributed by atoms with E-state index in [1.54, 1.807) is 168 Å². The lowest BCUT2D eigenvalue weighted by Gasteiger charge is -2.14. The maximum Gasteiger partial charge on any atom is 0.327 e. The molecule has 4 atom stereocenters. The molecule has 712 valence electrons. The lowest BCUT2D eigenvalue weighted by molar-refractivity contribution is 0.261. The van der Waals surface area contributed by atoms with Gasteiger partial charge in [-0.05, 0) is 161 Å². The first-order valence-electron chi connectivity index (χ1n) is 42.8. The molecular formula is C93H108N26O12S5. The maximum absolute atomic E-state index is 12.9. The molecule has 4 unspecified atom stereocenters. The van der Waals surface area contributed by atoms with Gasteiger partial charge >= 0.3 is 24.1 Å². The zero-order chi connectivity index (χ0) is 98.3. The van der Waals surface area contributed by atoms with Crippen LogP contribution in [0.3, 0.4) is 0 Å². The van der Waals surface area contributed by atoms with Crippen molar-refractivity contribution in [2.24, 2.45) is 0 Å². The Morgan fingerprint density at radius 1 is 0.375 bits per heavy atom. The van der Waals surface area contributed by atoms with Crippen molar-refractivity contribution < 1.29 is 52.7 Å². The SMILES string of the molecule is CCOS(=N)(=O)c1ccc(-n2nc(C(C)(C)C)cc2NC(=O)Nc2ccc3ccccc3n2)cc1.CCOS(=N)(=O)c1ccc(-n2nc(C(C)(C)C)cc2NC(=O)Nc2ccncn2)cc1.CCOS(=N)(=O)c1ccc(-n2nc(C(C)(C)C)cc2NC(=O)Nc2nc(-c3ccccc3)cs2)cc1.CCOS(=N)(=O)c1ccc(-n2nc(C(C)(C)C)cc2NC(=O)Nc2nc3ccccc3[nH]2)cc1. The van der Waals surface area contributed by atoms with E-state index in [9.17, 15) is 36.0 Å². The van der Waals surface area contributed by atoms with Crippen molar-refractivity contribution in [3.8, 4) is 34.0 Å². The van der Waals surface area contributed by atoms with Crippen LogP contribution in [0.1, 0.15) is 134 Å². The molecule has 0 aliphatic rings. The molecule has 0 spiro atoms. The average Bonchev–Trinajstić information content (AvgIpc) is 1.64. The van der Waals surface area contributed by atoms with E-state index in [4.69, 9.17) is 46.0 Å². The molecule has 15 rings (SSSR count). The van der Waals surface area contributed by atoms with Gasteiger partial charge in [-0.25, -0.2) is 98.8 Å². The number of carbonyl (C=O) groups is 4. The second-order valence-electron chi connectivity index (χ2n) is 34.2.